The van der Waals surface area contributed by atoms with E-state index in [9.17, 15) is 14.7 Å². The number of thiocarbonyl (C=S) groups is 1. The number of nitrogens with one attached hydrogen (secondary N) is 1. The van der Waals surface area contributed by atoms with Gasteiger partial charge < -0.3 is 15.2 Å². The molecule has 9 heteroatoms. The predicted octanol–water partition coefficient (Wildman–Crippen LogP) is 1.94. The van der Waals surface area contributed by atoms with E-state index in [1.54, 1.807) is 12.3 Å². The van der Waals surface area contributed by atoms with Crippen molar-refractivity contribution >= 4 is 62.2 Å². The molecule has 1 aliphatic rings. The minimum Gasteiger partial charge on any atom is -0.550 e. The van der Waals surface area contributed by atoms with Crippen LogP contribution in [0.15, 0.2) is 39.8 Å². The highest BCUT2D eigenvalue weighted by Gasteiger charge is 2.23. The molecule has 0 aliphatic carbocycles. The number of benzene rings is 1. The van der Waals surface area contributed by atoms with Crippen LogP contribution in [0.2, 0.25) is 0 Å². The summed E-state index contributed by atoms with van der Waals surface area (Å²) in [7, 11) is 0. The van der Waals surface area contributed by atoms with Gasteiger partial charge in [0, 0.05) is 40.7 Å². The van der Waals surface area contributed by atoms with Gasteiger partial charge in [-0.3, -0.25) is 9.48 Å². The van der Waals surface area contributed by atoms with Crippen molar-refractivity contribution in [2.45, 2.75) is 13.0 Å². The van der Waals surface area contributed by atoms with Gasteiger partial charge in [0.05, 0.1) is 10.6 Å². The molecule has 0 unspecified atom stereocenters. The lowest BCUT2D eigenvalue weighted by molar-refractivity contribution is -0.306. The Labute approximate surface area is 161 Å². The van der Waals surface area contributed by atoms with Crippen LogP contribution in [0.1, 0.15) is 12.0 Å². The van der Waals surface area contributed by atoms with E-state index in [-0.39, 0.29) is 18.9 Å². The lowest BCUT2D eigenvalue weighted by atomic mass is 10.1. The molecular formula is C16H11BrN3O3S2-. The summed E-state index contributed by atoms with van der Waals surface area (Å²) in [5, 5.41) is 17.7. The van der Waals surface area contributed by atoms with Gasteiger partial charge in [-0.1, -0.05) is 52.0 Å². The largest absolute Gasteiger partial charge is 0.550 e. The van der Waals surface area contributed by atoms with E-state index in [1.807, 2.05) is 24.3 Å². The molecule has 0 radical (unpaired) electrons. The highest BCUT2D eigenvalue weighted by Crippen LogP contribution is 2.31. The molecule has 0 bridgehead atoms. The molecule has 25 heavy (non-hydrogen) atoms. The zero-order valence-electron chi connectivity index (χ0n) is 12.7. The summed E-state index contributed by atoms with van der Waals surface area (Å²) in [6, 6.07) is 7.57. The SMILES string of the molecule is O=C([O-])CCn1cc(/C=C2\SC(=S)NC2=O)c(-c2cccc(Br)c2)n1. The lowest BCUT2D eigenvalue weighted by Gasteiger charge is -2.02. The second-order valence-electron chi connectivity index (χ2n) is 5.18. The van der Waals surface area contributed by atoms with Gasteiger partial charge in [0.25, 0.3) is 5.91 Å². The summed E-state index contributed by atoms with van der Waals surface area (Å²) in [6.07, 6.45) is 3.27. The molecule has 1 aromatic carbocycles. The fraction of sp³-hybridized carbons (Fsp3) is 0.125. The molecule has 0 saturated carbocycles. The van der Waals surface area contributed by atoms with E-state index in [4.69, 9.17) is 12.2 Å². The van der Waals surface area contributed by atoms with Crippen molar-refractivity contribution in [3.8, 4) is 11.3 Å². The van der Waals surface area contributed by atoms with E-state index in [0.29, 0.717) is 20.5 Å². The molecule has 1 aromatic heterocycles. The molecule has 1 fully saturated rings. The van der Waals surface area contributed by atoms with E-state index < -0.39 is 5.97 Å². The molecule has 3 rings (SSSR count). The molecule has 128 valence electrons. The average Bonchev–Trinajstić information content (AvgIpc) is 3.09. The fourth-order valence-corrected chi connectivity index (χ4v) is 3.72. The Hall–Kier alpha value is -1.97. The number of halogens is 1. The van der Waals surface area contributed by atoms with Crippen LogP contribution in [0.3, 0.4) is 0 Å². The van der Waals surface area contributed by atoms with Gasteiger partial charge >= 0.3 is 0 Å². The molecule has 2 heterocycles. The van der Waals surface area contributed by atoms with Gasteiger partial charge in [0.15, 0.2) is 0 Å². The summed E-state index contributed by atoms with van der Waals surface area (Å²) in [6.45, 7) is 0.185. The molecule has 1 aliphatic heterocycles. The van der Waals surface area contributed by atoms with Crippen LogP contribution >= 0.6 is 39.9 Å². The van der Waals surface area contributed by atoms with Gasteiger partial charge in [-0.2, -0.15) is 5.10 Å². The Morgan fingerprint density at radius 1 is 1.48 bits per heavy atom. The van der Waals surface area contributed by atoms with E-state index in [2.05, 4.69) is 26.3 Å². The van der Waals surface area contributed by atoms with Gasteiger partial charge in [-0.15, -0.1) is 0 Å². The summed E-state index contributed by atoms with van der Waals surface area (Å²) in [5.74, 6) is -1.40. The predicted molar refractivity (Wildman–Crippen MR) is 101 cm³/mol. The standard InChI is InChI=1S/C16H12BrN3O3S2/c17-11-3-1-2-9(6-11)14-10(7-12-15(23)18-16(24)25-12)8-20(19-14)5-4-13(21)22/h1-3,6-8H,4-5H2,(H,21,22)(H,18,23,24)/p-1/b12-7-. The summed E-state index contributed by atoms with van der Waals surface area (Å²) < 4.78 is 2.83. The van der Waals surface area contributed by atoms with E-state index in [0.717, 1.165) is 10.0 Å². The van der Waals surface area contributed by atoms with Gasteiger partial charge in [-0.05, 0) is 18.2 Å². The Balaban J connectivity index is 2.02. The maximum absolute atomic E-state index is 11.9. The third kappa shape index (κ3) is 4.36. The molecule has 1 amide bonds. The zero-order chi connectivity index (χ0) is 18.0. The van der Waals surface area contributed by atoms with Crippen molar-refractivity contribution in [2.24, 2.45) is 0 Å². The molecule has 2 aromatic rings. The highest BCUT2D eigenvalue weighted by molar-refractivity contribution is 9.10. The van der Waals surface area contributed by atoms with Crippen molar-refractivity contribution in [3.05, 3.63) is 45.4 Å². The van der Waals surface area contributed by atoms with Crippen molar-refractivity contribution in [1.82, 2.24) is 15.1 Å². The van der Waals surface area contributed by atoms with Crippen LogP contribution in [0.4, 0.5) is 0 Å². The smallest absolute Gasteiger partial charge is 0.263 e. The van der Waals surface area contributed by atoms with Crippen molar-refractivity contribution in [3.63, 3.8) is 0 Å². The van der Waals surface area contributed by atoms with Gasteiger partial charge in [-0.25, -0.2) is 0 Å². The monoisotopic (exact) mass is 436 g/mol. The number of carboxylic acids is 1. The number of aryl methyl sites for hydroxylation is 1. The zero-order valence-corrected chi connectivity index (χ0v) is 15.9. The van der Waals surface area contributed by atoms with Gasteiger partial charge in [0.2, 0.25) is 0 Å². The summed E-state index contributed by atoms with van der Waals surface area (Å²) in [5.41, 5.74) is 2.21. The number of hydrogen-bond acceptors (Lipinski definition) is 6. The number of aromatic nitrogens is 2. The maximum Gasteiger partial charge on any atom is 0.263 e. The summed E-state index contributed by atoms with van der Waals surface area (Å²) in [4.78, 5) is 23.1. The fourth-order valence-electron chi connectivity index (χ4n) is 2.29. The quantitative estimate of drug-likeness (QED) is 0.569. The molecule has 1 saturated heterocycles. The highest BCUT2D eigenvalue weighted by atomic mass is 79.9. The number of thioether (sulfide) groups is 1. The van der Waals surface area contributed by atoms with Crippen molar-refractivity contribution in [1.29, 1.82) is 0 Å². The first-order valence-corrected chi connectivity index (χ1v) is 9.22. The normalized spacial score (nSPS) is 15.6. The Morgan fingerprint density at radius 2 is 2.28 bits per heavy atom. The van der Waals surface area contributed by atoms with Crippen LogP contribution in [0.25, 0.3) is 17.3 Å². The molecule has 6 nitrogen and oxygen atoms in total. The second-order valence-corrected chi connectivity index (χ2v) is 7.82. The van der Waals surface area contributed by atoms with Crippen LogP contribution in [0, 0.1) is 0 Å². The van der Waals surface area contributed by atoms with Gasteiger partial charge in [0.1, 0.15) is 4.32 Å². The van der Waals surface area contributed by atoms with Crippen molar-refractivity contribution in [2.75, 3.05) is 0 Å². The first-order valence-electron chi connectivity index (χ1n) is 7.20. The number of amides is 1. The first kappa shape index (κ1) is 17.8. The van der Waals surface area contributed by atoms with Crippen LogP contribution < -0.4 is 10.4 Å². The molecule has 0 atom stereocenters. The average molecular weight is 437 g/mol. The number of carboxylic acid groups (broad SMARTS) is 1. The number of carbonyl (C=O) groups excluding carboxylic acids is 2. The van der Waals surface area contributed by atoms with Crippen molar-refractivity contribution < 1.29 is 14.7 Å². The summed E-state index contributed by atoms with van der Waals surface area (Å²) >= 11 is 9.61. The first-order chi connectivity index (χ1) is 11.9. The van der Waals surface area contributed by atoms with Crippen LogP contribution in [0.5, 0.6) is 0 Å². The maximum atomic E-state index is 11.9. The Morgan fingerprint density at radius 3 is 2.92 bits per heavy atom. The van der Waals surface area contributed by atoms with E-state index in [1.165, 1.54) is 16.4 Å². The lowest BCUT2D eigenvalue weighted by Crippen LogP contribution is -2.23. The third-order valence-corrected chi connectivity index (χ3v) is 5.02. The Bertz CT molecular complexity index is 908. The topological polar surface area (TPSA) is 87.0 Å². The molecular weight excluding hydrogens is 426 g/mol. The Kier molecular flexibility index (Phi) is 5.36. The molecule has 1 N–H and O–H groups in total. The van der Waals surface area contributed by atoms with Crippen LogP contribution in [-0.2, 0) is 16.1 Å². The number of carbonyl (C=O) groups is 2. The number of rotatable bonds is 5. The number of hydrogen-bond donors (Lipinski definition) is 1. The minimum absolute atomic E-state index is 0.144. The minimum atomic E-state index is -1.14. The molecule has 0 spiro atoms. The second kappa shape index (κ2) is 7.51. The number of aliphatic carboxylic acids is 1. The van der Waals surface area contributed by atoms with E-state index >= 15 is 0 Å². The third-order valence-electron chi connectivity index (χ3n) is 3.36. The van der Waals surface area contributed by atoms with Crippen LogP contribution in [-0.4, -0.2) is 26.0 Å². The number of nitrogens with zero attached hydrogens (tertiary/aromatic N) is 2.